The van der Waals surface area contributed by atoms with Gasteiger partial charge in [-0.2, -0.15) is 13.2 Å². The average molecular weight is 207 g/mol. The number of nitrogens with one attached hydrogen (secondary N) is 1. The Morgan fingerprint density at radius 3 is 2.50 bits per heavy atom. The fraction of sp³-hybridized carbons (Fsp3) is 0.333. The molecule has 14 heavy (non-hydrogen) atoms. The molecule has 0 unspecified atom stereocenters. The molecule has 0 spiro atoms. The monoisotopic (exact) mass is 207 g/mol. The quantitative estimate of drug-likeness (QED) is 0.751. The van der Waals surface area contributed by atoms with Crippen LogP contribution in [0.2, 0.25) is 0 Å². The maximum absolute atomic E-state index is 12.6. The molecule has 0 saturated carbocycles. The molecule has 0 radical (unpaired) electrons. The summed E-state index contributed by atoms with van der Waals surface area (Å²) in [6.07, 6.45) is -4.23. The summed E-state index contributed by atoms with van der Waals surface area (Å²) < 4.78 is 47.7. The second-order valence-electron chi connectivity index (χ2n) is 2.85. The second-order valence-corrected chi connectivity index (χ2v) is 2.85. The van der Waals surface area contributed by atoms with E-state index in [1.54, 1.807) is 6.07 Å². The highest BCUT2D eigenvalue weighted by Gasteiger charge is 2.25. The second kappa shape index (κ2) is 4.41. The maximum Gasteiger partial charge on any atom is 0.401 e. The summed E-state index contributed by atoms with van der Waals surface area (Å²) in [6, 6.07) is 5.46. The molecule has 0 atom stereocenters. The van der Waals surface area contributed by atoms with Gasteiger partial charge < -0.3 is 5.32 Å². The third-order valence-corrected chi connectivity index (χ3v) is 1.54. The number of halogens is 4. The van der Waals surface area contributed by atoms with Crippen molar-refractivity contribution in [2.75, 3.05) is 6.54 Å². The van der Waals surface area contributed by atoms with Crippen LogP contribution in [0.3, 0.4) is 0 Å². The Kier molecular flexibility index (Phi) is 3.46. The molecule has 0 amide bonds. The van der Waals surface area contributed by atoms with Crippen LogP contribution in [-0.2, 0) is 6.54 Å². The highest BCUT2D eigenvalue weighted by molar-refractivity contribution is 5.15. The summed E-state index contributed by atoms with van der Waals surface area (Å²) in [6.45, 7) is -1.05. The van der Waals surface area contributed by atoms with Gasteiger partial charge in [-0.1, -0.05) is 12.1 Å². The van der Waals surface area contributed by atoms with Gasteiger partial charge in [-0.15, -0.1) is 0 Å². The Morgan fingerprint density at radius 1 is 1.21 bits per heavy atom. The topological polar surface area (TPSA) is 12.0 Å². The highest BCUT2D eigenvalue weighted by atomic mass is 19.4. The van der Waals surface area contributed by atoms with Crippen LogP contribution >= 0.6 is 0 Å². The van der Waals surface area contributed by atoms with E-state index in [0.29, 0.717) is 5.56 Å². The van der Waals surface area contributed by atoms with Crippen LogP contribution in [0.25, 0.3) is 0 Å². The molecule has 0 saturated heterocycles. The molecule has 0 fully saturated rings. The molecular weight excluding hydrogens is 198 g/mol. The van der Waals surface area contributed by atoms with Gasteiger partial charge >= 0.3 is 6.18 Å². The first kappa shape index (κ1) is 11.0. The highest BCUT2D eigenvalue weighted by Crippen LogP contribution is 2.12. The van der Waals surface area contributed by atoms with E-state index in [1.807, 2.05) is 0 Å². The molecule has 0 aliphatic heterocycles. The van der Waals surface area contributed by atoms with Crippen molar-refractivity contribution < 1.29 is 17.6 Å². The Morgan fingerprint density at radius 2 is 1.93 bits per heavy atom. The Bertz CT molecular complexity index is 295. The van der Waals surface area contributed by atoms with Crippen LogP contribution in [0.5, 0.6) is 0 Å². The lowest BCUT2D eigenvalue weighted by Gasteiger charge is -2.07. The van der Waals surface area contributed by atoms with Crippen molar-refractivity contribution in [2.45, 2.75) is 12.7 Å². The molecule has 1 aromatic carbocycles. The average Bonchev–Trinajstić information content (AvgIpc) is 2.01. The van der Waals surface area contributed by atoms with Gasteiger partial charge in [-0.05, 0) is 17.7 Å². The number of rotatable bonds is 3. The summed E-state index contributed by atoms with van der Waals surface area (Å²) in [5.41, 5.74) is 0.495. The van der Waals surface area contributed by atoms with Crippen molar-refractivity contribution in [2.24, 2.45) is 0 Å². The molecule has 0 aliphatic carbocycles. The van der Waals surface area contributed by atoms with Crippen LogP contribution in [-0.4, -0.2) is 12.7 Å². The lowest BCUT2D eigenvalue weighted by Crippen LogP contribution is -2.28. The molecule has 1 N–H and O–H groups in total. The number of hydrogen-bond donors (Lipinski definition) is 1. The standard InChI is InChI=1S/C9H9F4N/c10-8-3-1-2-7(4-8)5-14-6-9(11,12)13/h1-4,14H,5-6H2. The van der Waals surface area contributed by atoms with Crippen LogP contribution in [0, 0.1) is 5.82 Å². The van der Waals surface area contributed by atoms with E-state index < -0.39 is 18.5 Å². The molecule has 78 valence electrons. The molecule has 1 rings (SSSR count). The Labute approximate surface area is 78.7 Å². The molecule has 1 aromatic rings. The van der Waals surface area contributed by atoms with Gasteiger partial charge in [0.05, 0.1) is 6.54 Å². The van der Waals surface area contributed by atoms with Crippen LogP contribution in [0.1, 0.15) is 5.56 Å². The fourth-order valence-electron chi connectivity index (χ4n) is 0.996. The van der Waals surface area contributed by atoms with Crippen LogP contribution in [0.15, 0.2) is 24.3 Å². The molecule has 0 heterocycles. The minimum atomic E-state index is -4.23. The Balaban J connectivity index is 2.39. The summed E-state index contributed by atoms with van der Waals surface area (Å²) in [7, 11) is 0. The minimum absolute atomic E-state index is 0.0112. The fourth-order valence-corrected chi connectivity index (χ4v) is 0.996. The third kappa shape index (κ3) is 4.23. The van der Waals surface area contributed by atoms with Gasteiger partial charge in [0.2, 0.25) is 0 Å². The van der Waals surface area contributed by atoms with Crippen LogP contribution in [0.4, 0.5) is 17.6 Å². The first-order valence-electron chi connectivity index (χ1n) is 3.99. The molecule has 0 bridgehead atoms. The van der Waals surface area contributed by atoms with Crippen molar-refractivity contribution in [1.29, 1.82) is 0 Å². The minimum Gasteiger partial charge on any atom is -0.305 e. The van der Waals surface area contributed by atoms with Crippen molar-refractivity contribution >= 4 is 0 Å². The third-order valence-electron chi connectivity index (χ3n) is 1.54. The van der Waals surface area contributed by atoms with E-state index >= 15 is 0 Å². The van der Waals surface area contributed by atoms with E-state index in [4.69, 9.17) is 0 Å². The Hall–Kier alpha value is -1.10. The van der Waals surface area contributed by atoms with E-state index in [9.17, 15) is 17.6 Å². The lowest BCUT2D eigenvalue weighted by molar-refractivity contribution is -0.125. The molecule has 5 heteroatoms. The maximum atomic E-state index is 12.6. The van der Waals surface area contributed by atoms with Crippen molar-refractivity contribution in [3.8, 4) is 0 Å². The van der Waals surface area contributed by atoms with E-state index in [-0.39, 0.29) is 6.54 Å². The molecule has 1 nitrogen and oxygen atoms in total. The number of benzene rings is 1. The van der Waals surface area contributed by atoms with E-state index in [2.05, 4.69) is 5.32 Å². The smallest absolute Gasteiger partial charge is 0.305 e. The van der Waals surface area contributed by atoms with Gasteiger partial charge in [0.1, 0.15) is 5.82 Å². The van der Waals surface area contributed by atoms with Gasteiger partial charge in [0.15, 0.2) is 0 Å². The number of hydrogen-bond acceptors (Lipinski definition) is 1. The van der Waals surface area contributed by atoms with E-state index in [1.165, 1.54) is 18.2 Å². The molecule has 0 aliphatic rings. The predicted molar refractivity (Wildman–Crippen MR) is 44.2 cm³/mol. The zero-order chi connectivity index (χ0) is 10.6. The summed E-state index contributed by atoms with van der Waals surface area (Å²) >= 11 is 0. The molecule has 0 aromatic heterocycles. The zero-order valence-corrected chi connectivity index (χ0v) is 7.24. The van der Waals surface area contributed by atoms with E-state index in [0.717, 1.165) is 0 Å². The largest absolute Gasteiger partial charge is 0.401 e. The van der Waals surface area contributed by atoms with Crippen molar-refractivity contribution in [3.63, 3.8) is 0 Å². The van der Waals surface area contributed by atoms with Crippen molar-refractivity contribution in [1.82, 2.24) is 5.32 Å². The van der Waals surface area contributed by atoms with Gasteiger partial charge in [-0.25, -0.2) is 4.39 Å². The van der Waals surface area contributed by atoms with Gasteiger partial charge in [0.25, 0.3) is 0 Å². The van der Waals surface area contributed by atoms with Gasteiger partial charge in [0, 0.05) is 6.54 Å². The first-order chi connectivity index (χ1) is 6.47. The predicted octanol–water partition coefficient (Wildman–Crippen LogP) is 2.48. The molecular formula is C9H9F4N. The SMILES string of the molecule is Fc1cccc(CNCC(F)(F)F)c1. The summed E-state index contributed by atoms with van der Waals surface area (Å²) in [5.74, 6) is -0.448. The first-order valence-corrected chi connectivity index (χ1v) is 3.99. The lowest BCUT2D eigenvalue weighted by atomic mass is 10.2. The normalized spacial score (nSPS) is 11.7. The van der Waals surface area contributed by atoms with Crippen molar-refractivity contribution in [3.05, 3.63) is 35.6 Å². The zero-order valence-electron chi connectivity index (χ0n) is 7.24. The van der Waals surface area contributed by atoms with Crippen LogP contribution < -0.4 is 5.32 Å². The summed E-state index contributed by atoms with van der Waals surface area (Å²) in [5, 5.41) is 2.18. The number of alkyl halides is 3. The summed E-state index contributed by atoms with van der Waals surface area (Å²) in [4.78, 5) is 0. The van der Waals surface area contributed by atoms with Gasteiger partial charge in [-0.3, -0.25) is 0 Å².